The molecule has 4 rings (SSSR count). The molecule has 0 radical (unpaired) electrons. The summed E-state index contributed by atoms with van der Waals surface area (Å²) < 4.78 is 14.2. The highest BCUT2D eigenvalue weighted by molar-refractivity contribution is 6.35. The van der Waals surface area contributed by atoms with Crippen LogP contribution in [0.25, 0.3) is 17.3 Å². The molecule has 1 saturated carbocycles. The van der Waals surface area contributed by atoms with E-state index in [4.69, 9.17) is 0 Å². The molecule has 0 atom stereocenters. The predicted molar refractivity (Wildman–Crippen MR) is 130 cm³/mol. The molecule has 0 bridgehead atoms. The minimum atomic E-state index is -0.325. The molecule has 1 aliphatic heterocycles. The van der Waals surface area contributed by atoms with Crippen molar-refractivity contribution in [3.63, 3.8) is 0 Å². The lowest BCUT2D eigenvalue weighted by atomic mass is 10.0. The first-order valence-corrected chi connectivity index (χ1v) is 11.4. The predicted octanol–water partition coefficient (Wildman–Crippen LogP) is 4.53. The molecule has 33 heavy (non-hydrogen) atoms. The van der Waals surface area contributed by atoms with Gasteiger partial charge in [0.15, 0.2) is 0 Å². The molecule has 2 aliphatic rings. The quantitative estimate of drug-likeness (QED) is 0.428. The second kappa shape index (κ2) is 8.89. The highest BCUT2D eigenvalue weighted by Crippen LogP contribution is 2.39. The molecule has 2 aromatic rings. The second-order valence-corrected chi connectivity index (χ2v) is 9.12. The minimum Gasteiger partial charge on any atom is -0.385 e. The van der Waals surface area contributed by atoms with Crippen molar-refractivity contribution in [1.82, 2.24) is 15.2 Å². The van der Waals surface area contributed by atoms with Gasteiger partial charge in [-0.25, -0.2) is 4.39 Å². The number of H-pyrrole nitrogens is 1. The Morgan fingerprint density at radius 3 is 2.61 bits per heavy atom. The fourth-order valence-electron chi connectivity index (χ4n) is 4.28. The molecule has 3 N–H and O–H groups in total. The Morgan fingerprint density at radius 2 is 1.94 bits per heavy atom. The first kappa shape index (κ1) is 22.8. The van der Waals surface area contributed by atoms with Crippen molar-refractivity contribution in [1.29, 1.82) is 0 Å². The Balaban J connectivity index is 1.60. The Bertz CT molecular complexity index is 1200. The zero-order chi connectivity index (χ0) is 23.9. The molecule has 1 aromatic heterocycles. The van der Waals surface area contributed by atoms with E-state index >= 15 is 0 Å². The van der Waals surface area contributed by atoms with E-state index in [9.17, 15) is 14.0 Å². The first-order chi connectivity index (χ1) is 15.7. The van der Waals surface area contributed by atoms with Crippen molar-refractivity contribution in [3.8, 4) is 0 Å². The molecule has 7 heteroatoms. The van der Waals surface area contributed by atoms with Crippen LogP contribution < -0.4 is 10.6 Å². The Kier molecular flexibility index (Phi) is 6.15. The molecule has 1 fully saturated rings. The fourth-order valence-corrected chi connectivity index (χ4v) is 4.28. The molecule has 0 unspecified atom stereocenters. The fraction of sp³-hybridized carbons (Fsp3) is 0.385. The molecule has 2 heterocycles. The van der Waals surface area contributed by atoms with Gasteiger partial charge in [0.05, 0.1) is 5.57 Å². The molecule has 1 aromatic carbocycles. The van der Waals surface area contributed by atoms with E-state index in [2.05, 4.69) is 15.6 Å². The summed E-state index contributed by atoms with van der Waals surface area (Å²) in [5.41, 5.74) is 8.69. The van der Waals surface area contributed by atoms with Gasteiger partial charge in [0.2, 0.25) is 5.91 Å². The molecule has 0 spiro atoms. The van der Waals surface area contributed by atoms with Gasteiger partial charge in [-0.15, -0.1) is 0 Å². The summed E-state index contributed by atoms with van der Waals surface area (Å²) >= 11 is 0. The van der Waals surface area contributed by atoms with Crippen LogP contribution in [-0.2, 0) is 9.59 Å². The van der Waals surface area contributed by atoms with Crippen LogP contribution in [0, 0.1) is 26.6 Å². The van der Waals surface area contributed by atoms with Crippen molar-refractivity contribution in [2.75, 3.05) is 26.0 Å². The summed E-state index contributed by atoms with van der Waals surface area (Å²) in [5.74, 6) is -0.427. The van der Waals surface area contributed by atoms with Crippen LogP contribution in [0.5, 0.6) is 0 Å². The van der Waals surface area contributed by atoms with Crippen molar-refractivity contribution in [2.45, 2.75) is 46.5 Å². The molecular formula is C26H31FN4O2. The van der Waals surface area contributed by atoms with E-state index in [1.807, 2.05) is 19.9 Å². The monoisotopic (exact) mass is 450 g/mol. The molecule has 2 amide bonds. The number of nitrogens with zero attached hydrogens (tertiary/aromatic N) is 1. The number of hydrogen-bond donors (Lipinski definition) is 3. The highest BCUT2D eigenvalue weighted by Gasteiger charge is 2.27. The van der Waals surface area contributed by atoms with Crippen molar-refractivity contribution < 1.29 is 14.0 Å². The van der Waals surface area contributed by atoms with Gasteiger partial charge in [0, 0.05) is 61.0 Å². The van der Waals surface area contributed by atoms with Crippen LogP contribution in [-0.4, -0.2) is 42.3 Å². The van der Waals surface area contributed by atoms with Gasteiger partial charge in [-0.05, 0) is 74.9 Å². The molecule has 6 nitrogen and oxygen atoms in total. The van der Waals surface area contributed by atoms with Gasteiger partial charge >= 0.3 is 0 Å². The number of carbonyl (C=O) groups is 2. The van der Waals surface area contributed by atoms with Crippen LogP contribution in [0.1, 0.15) is 59.3 Å². The maximum absolute atomic E-state index is 14.2. The smallest absolute Gasteiger partial charge is 0.256 e. The van der Waals surface area contributed by atoms with Gasteiger partial charge in [-0.3, -0.25) is 9.59 Å². The third-order valence-electron chi connectivity index (χ3n) is 6.32. The number of benzene rings is 1. The number of anilines is 1. The summed E-state index contributed by atoms with van der Waals surface area (Å²) in [6, 6.07) is 3.09. The van der Waals surface area contributed by atoms with Gasteiger partial charge in [-0.1, -0.05) is 0 Å². The third-order valence-corrected chi connectivity index (χ3v) is 6.32. The van der Waals surface area contributed by atoms with Crippen LogP contribution in [0.15, 0.2) is 17.7 Å². The van der Waals surface area contributed by atoms with E-state index in [0.717, 1.165) is 47.5 Å². The van der Waals surface area contributed by atoms with E-state index in [0.29, 0.717) is 35.4 Å². The van der Waals surface area contributed by atoms with E-state index in [-0.39, 0.29) is 17.6 Å². The van der Waals surface area contributed by atoms with Crippen molar-refractivity contribution in [3.05, 3.63) is 57.2 Å². The maximum Gasteiger partial charge on any atom is 0.256 e. The summed E-state index contributed by atoms with van der Waals surface area (Å²) in [7, 11) is 3.54. The lowest BCUT2D eigenvalue weighted by Crippen LogP contribution is -2.23. The number of aromatic nitrogens is 1. The van der Waals surface area contributed by atoms with Gasteiger partial charge in [-0.2, -0.15) is 0 Å². The largest absolute Gasteiger partial charge is 0.385 e. The standard InChI is InChI=1S/C26H31FN4O2/c1-14-11-22-18(12-20(14)27)19(26(33)30-22)13-21-15(2)24(16(3)29-21)25(17-8-9-17)28-10-6-7-23(32)31(4)5/h11-13,28-29H,6-10H2,1-5H3,(H,30,33)/b19-13-. The zero-order valence-electron chi connectivity index (χ0n) is 19.9. The summed E-state index contributed by atoms with van der Waals surface area (Å²) in [6.45, 7) is 6.46. The summed E-state index contributed by atoms with van der Waals surface area (Å²) in [6.07, 6.45) is 5.21. The van der Waals surface area contributed by atoms with Crippen LogP contribution in [0.3, 0.4) is 0 Å². The van der Waals surface area contributed by atoms with Crippen LogP contribution in [0.2, 0.25) is 0 Å². The van der Waals surface area contributed by atoms with Gasteiger partial charge in [0.25, 0.3) is 5.91 Å². The lowest BCUT2D eigenvalue weighted by Gasteiger charge is -2.14. The van der Waals surface area contributed by atoms with E-state index in [1.165, 1.54) is 11.6 Å². The van der Waals surface area contributed by atoms with Crippen LogP contribution >= 0.6 is 0 Å². The number of fused-ring (bicyclic) bond motifs is 1. The van der Waals surface area contributed by atoms with Gasteiger partial charge in [0.1, 0.15) is 5.82 Å². The average molecular weight is 451 g/mol. The van der Waals surface area contributed by atoms with Crippen LogP contribution in [0.4, 0.5) is 10.1 Å². The number of carbonyl (C=O) groups excluding carboxylic acids is 2. The third kappa shape index (κ3) is 4.58. The summed E-state index contributed by atoms with van der Waals surface area (Å²) in [4.78, 5) is 29.5. The number of amides is 2. The average Bonchev–Trinajstić information content (AvgIpc) is 3.50. The highest BCUT2D eigenvalue weighted by atomic mass is 19.1. The lowest BCUT2D eigenvalue weighted by molar-refractivity contribution is -0.128. The number of aryl methyl sites for hydroxylation is 2. The Hall–Kier alpha value is -3.35. The number of rotatable bonds is 7. The SMILES string of the molecule is Cc1cc2c(cc1F)/C(=C/c1[nH]c(C)c(C(NCCCC(=O)N(C)C)=C3CC3)c1C)C(=O)N2. The Labute approximate surface area is 193 Å². The maximum atomic E-state index is 14.2. The Morgan fingerprint density at radius 1 is 1.21 bits per heavy atom. The molecular weight excluding hydrogens is 419 g/mol. The first-order valence-electron chi connectivity index (χ1n) is 11.4. The van der Waals surface area contributed by atoms with Gasteiger partial charge < -0.3 is 20.5 Å². The number of nitrogens with one attached hydrogen (secondary N) is 3. The van der Waals surface area contributed by atoms with Crippen molar-refractivity contribution in [2.24, 2.45) is 0 Å². The topological polar surface area (TPSA) is 77.2 Å². The zero-order valence-corrected chi connectivity index (χ0v) is 19.9. The van der Waals surface area contributed by atoms with E-state index in [1.54, 1.807) is 32.0 Å². The molecule has 0 saturated heterocycles. The summed E-state index contributed by atoms with van der Waals surface area (Å²) in [5, 5.41) is 6.40. The van der Waals surface area contributed by atoms with E-state index < -0.39 is 0 Å². The number of allylic oxidation sites excluding steroid dienone is 1. The number of halogens is 1. The normalized spacial score (nSPS) is 15.5. The molecule has 174 valence electrons. The second-order valence-electron chi connectivity index (χ2n) is 9.12. The number of hydrogen-bond acceptors (Lipinski definition) is 3. The number of aromatic amines is 1. The minimum absolute atomic E-state index is 0.127. The molecule has 1 aliphatic carbocycles. The van der Waals surface area contributed by atoms with Crippen molar-refractivity contribution >= 4 is 34.8 Å².